The molecule has 1 atom stereocenters. The average Bonchev–Trinajstić information content (AvgIpc) is 3.54. The van der Waals surface area contributed by atoms with Gasteiger partial charge in [-0.1, -0.05) is 29.8 Å². The van der Waals surface area contributed by atoms with Crippen molar-refractivity contribution < 1.29 is 52.3 Å². The lowest BCUT2D eigenvalue weighted by Gasteiger charge is -2.27. The molecule has 350 valence electrons. The molecule has 0 bridgehead atoms. The third-order valence-electron chi connectivity index (χ3n) is 10.7. The van der Waals surface area contributed by atoms with E-state index in [-0.39, 0.29) is 86.0 Å². The first-order valence-corrected chi connectivity index (χ1v) is 24.1. The van der Waals surface area contributed by atoms with Gasteiger partial charge in [-0.25, -0.2) is 4.98 Å². The van der Waals surface area contributed by atoms with Crippen molar-refractivity contribution in [2.45, 2.75) is 38.6 Å². The predicted molar refractivity (Wildman–Crippen MR) is 246 cm³/mol. The van der Waals surface area contributed by atoms with Gasteiger partial charge in [-0.2, -0.15) is 4.98 Å². The van der Waals surface area contributed by atoms with Crippen LogP contribution in [0, 0.1) is 6.92 Å². The maximum atomic E-state index is 13.2. The number of benzene rings is 3. The normalized spacial score (nSPS) is 14.7. The minimum Gasteiger partial charge on any atom is -0.495 e. The number of fused-ring (bicyclic) bond motifs is 1. The molecule has 4 N–H and O–H groups in total. The molecule has 21 heteroatoms. The molecule has 0 spiro atoms. The van der Waals surface area contributed by atoms with Crippen LogP contribution in [0.3, 0.4) is 0 Å². The number of halogens is 1. The average molecular weight is 947 g/mol. The number of nitrogens with zero attached hydrogens (tertiary/aromatic N) is 4. The highest BCUT2D eigenvalue weighted by atomic mass is 35.5. The molecule has 2 aliphatic rings. The molecule has 1 fully saturated rings. The minimum absolute atomic E-state index is 0.00534. The van der Waals surface area contributed by atoms with Gasteiger partial charge in [0.25, 0.3) is 17.7 Å². The van der Waals surface area contributed by atoms with Gasteiger partial charge >= 0.3 is 0 Å². The Balaban J connectivity index is 0.862. The molecule has 1 unspecified atom stereocenters. The summed E-state index contributed by atoms with van der Waals surface area (Å²) < 4.78 is 35.3. The SMILES string of the molecule is COc1cc(CCN(C)C(=O)CCOCCOCCNC(=O)COc2cccc3c2C(=O)N(C2CCC(=O)NC2=O)C3=O)c(C)cc1Nc1ncc(Cl)c(Nc2ccccc2P(C)(C)=O)n1. The summed E-state index contributed by atoms with van der Waals surface area (Å²) in [6, 6.07) is 14.4. The summed E-state index contributed by atoms with van der Waals surface area (Å²) in [4.78, 5) is 86.9. The number of anilines is 4. The van der Waals surface area contributed by atoms with E-state index in [1.807, 2.05) is 43.3 Å². The first kappa shape index (κ1) is 49.0. The van der Waals surface area contributed by atoms with Crippen LogP contribution in [0.15, 0.2) is 60.8 Å². The van der Waals surface area contributed by atoms with Crippen molar-refractivity contribution in [2.24, 2.45) is 0 Å². The second-order valence-electron chi connectivity index (χ2n) is 15.8. The van der Waals surface area contributed by atoms with Crippen molar-refractivity contribution >= 4 is 82.6 Å². The van der Waals surface area contributed by atoms with E-state index in [1.54, 1.807) is 32.4 Å². The van der Waals surface area contributed by atoms with Gasteiger partial charge in [0.05, 0.1) is 68.7 Å². The third kappa shape index (κ3) is 12.3. The van der Waals surface area contributed by atoms with Gasteiger partial charge < -0.3 is 44.4 Å². The zero-order chi connectivity index (χ0) is 47.5. The summed E-state index contributed by atoms with van der Waals surface area (Å²) in [5.41, 5.74) is 3.22. The molecule has 1 aromatic heterocycles. The Hall–Kier alpha value is -6.40. The number of likely N-dealkylation sites (N-methyl/N-ethyl adjacent to an activating group) is 1. The zero-order valence-corrected chi connectivity index (χ0v) is 38.9. The summed E-state index contributed by atoms with van der Waals surface area (Å²) in [7, 11) is 0.711. The van der Waals surface area contributed by atoms with Gasteiger partial charge in [-0.3, -0.25) is 39.0 Å². The summed E-state index contributed by atoms with van der Waals surface area (Å²) in [6.45, 7) is 6.40. The van der Waals surface area contributed by atoms with Crippen LogP contribution in [-0.4, -0.2) is 135 Å². The first-order chi connectivity index (χ1) is 31.5. The van der Waals surface area contributed by atoms with Crippen molar-refractivity contribution in [2.75, 3.05) is 84.2 Å². The highest BCUT2D eigenvalue weighted by Gasteiger charge is 2.46. The number of hydrogen-bond acceptors (Lipinski definition) is 15. The molecule has 0 radical (unpaired) electrons. The number of carbonyl (C=O) groups excluding carboxylic acids is 6. The summed E-state index contributed by atoms with van der Waals surface area (Å²) in [6.07, 6.45) is 2.24. The number of aromatic nitrogens is 2. The quantitative estimate of drug-likeness (QED) is 0.0491. The van der Waals surface area contributed by atoms with Gasteiger partial charge in [-0.05, 0) is 80.6 Å². The Labute approximate surface area is 386 Å². The Kier molecular flexibility index (Phi) is 16.5. The molecule has 0 aliphatic carbocycles. The molecule has 2 aliphatic heterocycles. The van der Waals surface area contributed by atoms with Crippen LogP contribution < -0.4 is 36.0 Å². The fourth-order valence-electron chi connectivity index (χ4n) is 7.22. The summed E-state index contributed by atoms with van der Waals surface area (Å²) in [5.74, 6) is -1.99. The number of carbonyl (C=O) groups is 6. The van der Waals surface area contributed by atoms with Crippen molar-refractivity contribution in [1.29, 1.82) is 0 Å². The Morgan fingerprint density at radius 2 is 1.71 bits per heavy atom. The highest BCUT2D eigenvalue weighted by molar-refractivity contribution is 7.70. The summed E-state index contributed by atoms with van der Waals surface area (Å²) >= 11 is 6.44. The second kappa shape index (κ2) is 22.2. The molecule has 4 aromatic rings. The van der Waals surface area contributed by atoms with E-state index in [2.05, 4.69) is 31.2 Å². The van der Waals surface area contributed by atoms with Gasteiger partial charge in [0.15, 0.2) is 12.4 Å². The third-order valence-corrected chi connectivity index (χ3v) is 12.5. The Morgan fingerprint density at radius 3 is 2.45 bits per heavy atom. The Bertz CT molecular complexity index is 2550. The molecular weight excluding hydrogens is 895 g/mol. The van der Waals surface area contributed by atoms with E-state index in [9.17, 15) is 33.3 Å². The monoisotopic (exact) mass is 946 g/mol. The largest absolute Gasteiger partial charge is 0.495 e. The van der Waals surface area contributed by atoms with Crippen LogP contribution in [-0.2, 0) is 39.6 Å². The van der Waals surface area contributed by atoms with Crippen LogP contribution in [0.2, 0.25) is 5.02 Å². The van der Waals surface area contributed by atoms with Crippen LogP contribution in [0.25, 0.3) is 0 Å². The maximum absolute atomic E-state index is 13.2. The first-order valence-electron chi connectivity index (χ1n) is 21.1. The fourth-order valence-corrected chi connectivity index (χ4v) is 8.52. The number of para-hydroxylation sites is 1. The van der Waals surface area contributed by atoms with E-state index in [4.69, 9.17) is 30.5 Å². The van der Waals surface area contributed by atoms with Crippen molar-refractivity contribution in [3.63, 3.8) is 0 Å². The Morgan fingerprint density at radius 1 is 0.955 bits per heavy atom. The molecule has 66 heavy (non-hydrogen) atoms. The lowest BCUT2D eigenvalue weighted by atomic mass is 10.0. The number of hydrogen-bond donors (Lipinski definition) is 4. The van der Waals surface area contributed by atoms with Gasteiger partial charge in [-0.15, -0.1) is 0 Å². The molecule has 6 amide bonds. The van der Waals surface area contributed by atoms with E-state index < -0.39 is 49.3 Å². The van der Waals surface area contributed by atoms with E-state index in [0.717, 1.165) is 16.0 Å². The van der Waals surface area contributed by atoms with Crippen LogP contribution in [0.1, 0.15) is 51.1 Å². The summed E-state index contributed by atoms with van der Waals surface area (Å²) in [5, 5.41) is 12.2. The topological polar surface area (TPSA) is 237 Å². The van der Waals surface area contributed by atoms with Crippen LogP contribution >= 0.6 is 18.7 Å². The van der Waals surface area contributed by atoms with Crippen LogP contribution in [0.5, 0.6) is 11.5 Å². The molecule has 19 nitrogen and oxygen atoms in total. The molecule has 1 saturated heterocycles. The van der Waals surface area contributed by atoms with Crippen molar-refractivity contribution in [1.82, 2.24) is 30.4 Å². The second-order valence-corrected chi connectivity index (χ2v) is 19.4. The van der Waals surface area contributed by atoms with E-state index in [0.29, 0.717) is 41.2 Å². The fraction of sp³-hybridized carbons (Fsp3) is 0.378. The number of methoxy groups -OCH3 is 1. The van der Waals surface area contributed by atoms with E-state index >= 15 is 0 Å². The number of ether oxygens (including phenoxy) is 4. The van der Waals surface area contributed by atoms with Crippen LogP contribution in [0.4, 0.5) is 23.1 Å². The lowest BCUT2D eigenvalue weighted by Crippen LogP contribution is -2.54. The van der Waals surface area contributed by atoms with Crippen molar-refractivity contribution in [3.05, 3.63) is 88.1 Å². The molecule has 0 saturated carbocycles. The number of amides is 6. The van der Waals surface area contributed by atoms with E-state index in [1.165, 1.54) is 24.4 Å². The molecule has 3 heterocycles. The number of nitrogens with one attached hydrogen (secondary N) is 4. The number of aryl methyl sites for hydroxylation is 1. The number of rotatable bonds is 22. The predicted octanol–water partition coefficient (Wildman–Crippen LogP) is 4.20. The standard InChI is InChI=1S/C45H52ClN8O11P/c1-27-23-32(50-45-48-25-30(46)41(52-45)49-31-10-6-7-12-36(31)66(4,5)61)35(62-3)24-28(27)15-18-53(2)39(57)16-19-63-21-22-64-20-17-47-38(56)26-65-34-11-8-9-29-40(34)44(60)54(43(29)59)33-13-14-37(55)51-42(33)58/h6-12,23-25,33H,13-22,26H2,1-5H3,(H,47,56)(H,51,55,58)(H2,48,49,50,52). The number of piperidine rings is 1. The molecular formula is C45H52ClN8O11P. The molecule has 6 rings (SSSR count). The van der Waals surface area contributed by atoms with Gasteiger partial charge in [0, 0.05) is 31.9 Å². The maximum Gasteiger partial charge on any atom is 0.266 e. The number of imide groups is 2. The smallest absolute Gasteiger partial charge is 0.266 e. The minimum atomic E-state index is -2.59. The van der Waals surface area contributed by atoms with Crippen molar-refractivity contribution in [3.8, 4) is 11.5 Å². The zero-order valence-electron chi connectivity index (χ0n) is 37.2. The highest BCUT2D eigenvalue weighted by Crippen LogP contribution is 2.39. The van der Waals surface area contributed by atoms with Gasteiger partial charge in [0.1, 0.15) is 29.7 Å². The molecule has 3 aromatic carbocycles. The lowest BCUT2D eigenvalue weighted by molar-refractivity contribution is -0.136. The van der Waals surface area contributed by atoms with Gasteiger partial charge in [0.2, 0.25) is 23.7 Å².